The summed E-state index contributed by atoms with van der Waals surface area (Å²) < 4.78 is 20.0. The Morgan fingerprint density at radius 3 is 2.80 bits per heavy atom. The van der Waals surface area contributed by atoms with Gasteiger partial charge in [-0.2, -0.15) is 0 Å². The molecule has 0 unspecified atom stereocenters. The lowest BCUT2D eigenvalue weighted by molar-refractivity contribution is -0.132. The smallest absolute Gasteiger partial charge is 0.308 e. The van der Waals surface area contributed by atoms with Crippen LogP contribution in [0.4, 0.5) is 0 Å². The molecule has 1 aromatic heterocycles. The van der Waals surface area contributed by atoms with Crippen molar-refractivity contribution in [1.82, 2.24) is 4.57 Å². The van der Waals surface area contributed by atoms with E-state index in [4.69, 9.17) is 10.9 Å². The lowest BCUT2D eigenvalue weighted by atomic mass is 9.92. The Morgan fingerprint density at radius 1 is 1.32 bits per heavy atom. The van der Waals surface area contributed by atoms with E-state index in [2.05, 4.69) is 5.11 Å². The third-order valence-electron chi connectivity index (χ3n) is 4.50. The van der Waals surface area contributed by atoms with Gasteiger partial charge in [0.2, 0.25) is 5.88 Å². The predicted molar refractivity (Wildman–Crippen MR) is 91.6 cm³/mol. The summed E-state index contributed by atoms with van der Waals surface area (Å²) in [5.74, 6) is -0.597. The van der Waals surface area contributed by atoms with E-state index in [1.807, 2.05) is 30.3 Å². The molecule has 1 saturated carbocycles. The second kappa shape index (κ2) is 7.61. The second-order valence-electron chi connectivity index (χ2n) is 6.32. The zero-order valence-corrected chi connectivity index (χ0v) is 14.2. The number of rotatable bonds is 6. The van der Waals surface area contributed by atoms with Gasteiger partial charge in [-0.25, -0.2) is 0 Å². The molecule has 2 aromatic rings. The molecule has 0 radical (unpaired) electrons. The number of ether oxygens (including phenoxy) is 2. The van der Waals surface area contributed by atoms with Crippen molar-refractivity contribution >= 4 is 5.97 Å². The van der Waals surface area contributed by atoms with Crippen LogP contribution in [-0.2, 0) is 16.1 Å². The van der Waals surface area contributed by atoms with Crippen molar-refractivity contribution in [3.05, 3.63) is 42.0 Å². The maximum absolute atomic E-state index is 11.2. The molecule has 1 aromatic carbocycles. The zero-order valence-electron chi connectivity index (χ0n) is 15.2. The number of aromatic nitrogens is 1. The number of carbonyl (C=O) groups is 1. The van der Waals surface area contributed by atoms with Crippen molar-refractivity contribution < 1.29 is 24.5 Å². The normalized spacial score (nSPS) is 20.8. The van der Waals surface area contributed by atoms with Crippen LogP contribution in [0.1, 0.15) is 44.2 Å². The van der Waals surface area contributed by atoms with E-state index in [1.54, 1.807) is 0 Å². The summed E-state index contributed by atoms with van der Waals surface area (Å²) in [6.07, 6.45) is 3.49. The Bertz CT molecular complexity index is 746. The standard InChI is InChI=1S/C19H23NO5/c1-13(21)25-17-11-18(22)20(19(17)23)15-9-5-6-10-16(15)24-12-14-7-3-2-4-8-14/h2-4,7-8,11,15-16,22-23H,5-6,9-10,12H2,1H3/t15-,16-/m1/s1/i/hD. The molecule has 0 saturated heterocycles. The molecular formula is C19H23NO5. The quantitative estimate of drug-likeness (QED) is 0.782. The van der Waals surface area contributed by atoms with Crippen LogP contribution >= 0.6 is 0 Å². The molecule has 0 aliphatic heterocycles. The topological polar surface area (TPSA) is 80.9 Å². The van der Waals surface area contributed by atoms with Crippen LogP contribution in [0.25, 0.3) is 0 Å². The lowest BCUT2D eigenvalue weighted by Gasteiger charge is -2.33. The zero-order chi connectivity index (χ0) is 18.5. The lowest BCUT2D eigenvalue weighted by Crippen LogP contribution is -2.30. The maximum Gasteiger partial charge on any atom is 0.308 e. The first-order valence-electron chi connectivity index (χ1n) is 8.92. The molecule has 0 bridgehead atoms. The van der Waals surface area contributed by atoms with E-state index in [0.717, 1.165) is 31.2 Å². The van der Waals surface area contributed by atoms with Crippen molar-refractivity contribution in [3.8, 4) is 17.5 Å². The van der Waals surface area contributed by atoms with Gasteiger partial charge in [0, 0.05) is 13.0 Å². The minimum absolute atomic E-state index is 0.0120. The van der Waals surface area contributed by atoms with E-state index in [0.29, 0.717) is 6.61 Å². The van der Waals surface area contributed by atoms with E-state index in [9.17, 15) is 9.90 Å². The van der Waals surface area contributed by atoms with Gasteiger partial charge in [-0.3, -0.25) is 9.36 Å². The number of nitrogens with zero attached hydrogens (tertiary/aromatic N) is 1. The molecule has 1 aliphatic carbocycles. The van der Waals surface area contributed by atoms with Gasteiger partial charge < -0.3 is 19.7 Å². The van der Waals surface area contributed by atoms with E-state index in [-0.39, 0.29) is 29.7 Å². The van der Waals surface area contributed by atoms with Crippen LogP contribution in [0.3, 0.4) is 0 Å². The average Bonchev–Trinajstić information content (AvgIpc) is 2.95. The molecule has 134 valence electrons. The number of hydrogen-bond donors (Lipinski definition) is 2. The Labute approximate surface area is 148 Å². The molecule has 1 heterocycles. The monoisotopic (exact) mass is 346 g/mol. The molecule has 2 N–H and O–H groups in total. The number of carbonyl (C=O) groups excluding carboxylic acids is 1. The highest BCUT2D eigenvalue weighted by molar-refractivity contribution is 5.70. The molecule has 6 heteroatoms. The third-order valence-corrected chi connectivity index (χ3v) is 4.50. The van der Waals surface area contributed by atoms with Gasteiger partial charge in [0.25, 0.3) is 1.43 Å². The largest absolute Gasteiger partial charge is 0.494 e. The number of esters is 1. The number of aromatic hydroxyl groups is 2. The average molecular weight is 346 g/mol. The molecule has 3 rings (SSSR count). The maximum atomic E-state index is 11.2. The van der Waals surface area contributed by atoms with Gasteiger partial charge in [-0.15, -0.1) is 0 Å². The molecule has 1 aliphatic rings. The Kier molecular flexibility index (Phi) is 4.88. The molecule has 25 heavy (non-hydrogen) atoms. The van der Waals surface area contributed by atoms with Gasteiger partial charge in [-0.05, 0) is 18.4 Å². The predicted octanol–water partition coefficient (Wildman–Crippen LogP) is 3.53. The Balaban J connectivity index is 1.83. The number of benzene rings is 1. The van der Waals surface area contributed by atoms with Crippen LogP contribution in [0, 0.1) is 0 Å². The van der Waals surface area contributed by atoms with Crippen LogP contribution in [0.5, 0.6) is 17.5 Å². The number of hydrogen-bond acceptors (Lipinski definition) is 5. The highest BCUT2D eigenvalue weighted by Crippen LogP contribution is 2.43. The summed E-state index contributed by atoms with van der Waals surface area (Å²) in [6.45, 7) is 1.73. The summed E-state index contributed by atoms with van der Waals surface area (Å²) in [7, 11) is 0. The van der Waals surface area contributed by atoms with Crippen molar-refractivity contribution in [3.63, 3.8) is 0 Å². The Hall–Kier alpha value is -2.47. The first-order chi connectivity index (χ1) is 12.6. The van der Waals surface area contributed by atoms with Crippen LogP contribution in [0.2, 0.25) is 0 Å². The van der Waals surface area contributed by atoms with Gasteiger partial charge >= 0.3 is 5.97 Å². The summed E-state index contributed by atoms with van der Waals surface area (Å²) in [5, 5.41) is 15.0. The van der Waals surface area contributed by atoms with E-state index >= 15 is 0 Å². The third kappa shape index (κ3) is 3.96. The van der Waals surface area contributed by atoms with Gasteiger partial charge in [0.05, 0.1) is 18.8 Å². The van der Waals surface area contributed by atoms with Crippen LogP contribution in [0.15, 0.2) is 36.4 Å². The highest BCUT2D eigenvalue weighted by Gasteiger charge is 2.32. The molecular weight excluding hydrogens is 322 g/mol. The molecule has 6 nitrogen and oxygen atoms in total. The minimum Gasteiger partial charge on any atom is -0.494 e. The SMILES string of the molecule is [2H]Oc1c(OC(C)=O)cc(O)n1[C@@H]1CCCC[C@H]1OCc1ccccc1. The van der Waals surface area contributed by atoms with Crippen molar-refractivity contribution in [2.24, 2.45) is 0 Å². The fourth-order valence-electron chi connectivity index (χ4n) is 3.36. The highest BCUT2D eigenvalue weighted by atomic mass is 16.5. The summed E-state index contributed by atoms with van der Waals surface area (Å²) >= 11 is 0. The van der Waals surface area contributed by atoms with Gasteiger partial charge in [-0.1, -0.05) is 43.2 Å². The van der Waals surface area contributed by atoms with E-state index < -0.39 is 5.97 Å². The molecule has 0 spiro atoms. The summed E-state index contributed by atoms with van der Waals surface area (Å²) in [6, 6.07) is 11.0. The van der Waals surface area contributed by atoms with Gasteiger partial charge in [0.1, 0.15) is 0 Å². The fourth-order valence-corrected chi connectivity index (χ4v) is 3.36. The van der Waals surface area contributed by atoms with Crippen LogP contribution < -0.4 is 4.74 Å². The molecule has 1 fully saturated rings. The van der Waals surface area contributed by atoms with Crippen molar-refractivity contribution in [2.45, 2.75) is 51.4 Å². The summed E-state index contributed by atoms with van der Waals surface area (Å²) in [4.78, 5) is 11.2. The first kappa shape index (κ1) is 16.0. The fraction of sp³-hybridized carbons (Fsp3) is 0.421. The first-order valence-corrected chi connectivity index (χ1v) is 8.51. The minimum atomic E-state index is -0.541. The Morgan fingerprint density at radius 2 is 2.08 bits per heavy atom. The van der Waals surface area contributed by atoms with E-state index in [1.165, 1.54) is 17.6 Å². The summed E-state index contributed by atoms with van der Waals surface area (Å²) in [5.41, 5.74) is 1.08. The van der Waals surface area contributed by atoms with Crippen molar-refractivity contribution in [2.75, 3.05) is 0 Å². The molecule has 2 atom stereocenters. The van der Waals surface area contributed by atoms with Gasteiger partial charge in [0.15, 0.2) is 11.6 Å². The second-order valence-corrected chi connectivity index (χ2v) is 6.32. The van der Waals surface area contributed by atoms with Crippen molar-refractivity contribution in [1.29, 1.82) is 1.43 Å². The van der Waals surface area contributed by atoms with Crippen LogP contribution in [-0.4, -0.2) is 28.3 Å². The molecule has 0 amide bonds.